The van der Waals surface area contributed by atoms with E-state index < -0.39 is 6.10 Å². The van der Waals surface area contributed by atoms with E-state index in [9.17, 15) is 4.79 Å². The van der Waals surface area contributed by atoms with Gasteiger partial charge in [0.15, 0.2) is 23.4 Å². The van der Waals surface area contributed by atoms with E-state index in [1.54, 1.807) is 26.4 Å². The van der Waals surface area contributed by atoms with E-state index in [4.69, 9.17) is 14.2 Å². The number of ether oxygens (including phenoxy) is 3. The Morgan fingerprint density at radius 1 is 1.00 bits per heavy atom. The Hall–Kier alpha value is -2.33. The third-order valence-corrected chi connectivity index (χ3v) is 3.54. The average Bonchev–Trinajstić information content (AvgIpc) is 3.35. The van der Waals surface area contributed by atoms with Gasteiger partial charge in [-0.2, -0.15) is 0 Å². The Morgan fingerprint density at radius 2 is 1.71 bits per heavy atom. The van der Waals surface area contributed by atoms with Gasteiger partial charge in [0.1, 0.15) is 6.10 Å². The van der Waals surface area contributed by atoms with E-state index in [1.165, 1.54) is 0 Å². The second-order valence-corrected chi connectivity index (χ2v) is 4.82. The van der Waals surface area contributed by atoms with Gasteiger partial charge in [-0.1, -0.05) is 36.4 Å². The molecule has 21 heavy (non-hydrogen) atoms. The van der Waals surface area contributed by atoms with Gasteiger partial charge in [0, 0.05) is 5.56 Å². The number of carbonyl (C=O) groups excluding carboxylic acids is 1. The van der Waals surface area contributed by atoms with Crippen molar-refractivity contribution in [2.24, 2.45) is 0 Å². The summed E-state index contributed by atoms with van der Waals surface area (Å²) >= 11 is 0. The van der Waals surface area contributed by atoms with Gasteiger partial charge in [0.25, 0.3) is 0 Å². The zero-order chi connectivity index (χ0) is 14.8. The van der Waals surface area contributed by atoms with E-state index in [1.807, 2.05) is 36.4 Å². The van der Waals surface area contributed by atoms with Crippen molar-refractivity contribution in [3.05, 3.63) is 59.7 Å². The quantitative estimate of drug-likeness (QED) is 0.625. The predicted octanol–water partition coefficient (Wildman–Crippen LogP) is 3.03. The summed E-state index contributed by atoms with van der Waals surface area (Å²) in [4.78, 5) is 12.3. The van der Waals surface area contributed by atoms with Crippen LogP contribution in [-0.2, 0) is 4.74 Å². The van der Waals surface area contributed by atoms with Crippen LogP contribution in [0.25, 0.3) is 0 Å². The lowest BCUT2D eigenvalue weighted by molar-refractivity contribution is 0.0953. The van der Waals surface area contributed by atoms with Gasteiger partial charge in [0.2, 0.25) is 0 Å². The largest absolute Gasteiger partial charge is 0.493 e. The molecule has 2 aromatic rings. The van der Waals surface area contributed by atoms with Crippen molar-refractivity contribution < 1.29 is 19.0 Å². The maximum atomic E-state index is 12.3. The summed E-state index contributed by atoms with van der Waals surface area (Å²) in [6, 6.07) is 14.7. The van der Waals surface area contributed by atoms with Crippen LogP contribution in [0.1, 0.15) is 22.0 Å². The SMILES string of the molecule is COc1ccc([C@@H]2O[C@H]2C(=O)c2ccccc2)cc1OC. The Labute approximate surface area is 123 Å². The Balaban J connectivity index is 1.77. The first kappa shape index (κ1) is 13.6. The van der Waals surface area contributed by atoms with Gasteiger partial charge in [-0.15, -0.1) is 0 Å². The highest BCUT2D eigenvalue weighted by Crippen LogP contribution is 2.43. The fraction of sp³-hybridized carbons (Fsp3) is 0.235. The molecular formula is C17H16O4. The summed E-state index contributed by atoms with van der Waals surface area (Å²) in [5.74, 6) is 1.31. The molecule has 0 N–H and O–H groups in total. The van der Waals surface area contributed by atoms with Crippen molar-refractivity contribution in [3.63, 3.8) is 0 Å². The van der Waals surface area contributed by atoms with Crippen LogP contribution in [-0.4, -0.2) is 26.1 Å². The van der Waals surface area contributed by atoms with Crippen LogP contribution in [0.15, 0.2) is 48.5 Å². The standard InChI is InChI=1S/C17H16O4/c1-19-13-9-8-12(10-14(13)20-2)16-17(21-16)15(18)11-6-4-3-5-7-11/h3-10,16-17H,1-2H3/t16-,17-/m0/s1. The second-order valence-electron chi connectivity index (χ2n) is 4.82. The molecule has 2 atom stereocenters. The highest BCUT2D eigenvalue weighted by molar-refractivity contribution is 6.01. The first-order valence-corrected chi connectivity index (χ1v) is 6.71. The molecule has 1 aliphatic rings. The summed E-state index contributed by atoms with van der Waals surface area (Å²) in [6.45, 7) is 0. The molecule has 0 spiro atoms. The molecule has 4 heteroatoms. The molecule has 2 aromatic carbocycles. The molecule has 0 aromatic heterocycles. The summed E-state index contributed by atoms with van der Waals surface area (Å²) in [5.41, 5.74) is 1.59. The molecule has 0 aliphatic carbocycles. The van der Waals surface area contributed by atoms with Crippen molar-refractivity contribution in [1.82, 2.24) is 0 Å². The van der Waals surface area contributed by atoms with Crippen molar-refractivity contribution in [1.29, 1.82) is 0 Å². The molecule has 1 heterocycles. The highest BCUT2D eigenvalue weighted by Gasteiger charge is 2.46. The summed E-state index contributed by atoms with van der Waals surface area (Å²) in [5, 5.41) is 0. The minimum absolute atomic E-state index is 0.00962. The number of ketones is 1. The van der Waals surface area contributed by atoms with Crippen molar-refractivity contribution >= 4 is 5.78 Å². The first-order chi connectivity index (χ1) is 10.2. The normalized spacial score (nSPS) is 19.9. The number of hydrogen-bond acceptors (Lipinski definition) is 4. The van der Waals surface area contributed by atoms with Crippen molar-refractivity contribution in [2.45, 2.75) is 12.2 Å². The van der Waals surface area contributed by atoms with Crippen LogP contribution in [0.5, 0.6) is 11.5 Å². The van der Waals surface area contributed by atoms with Crippen LogP contribution in [0.2, 0.25) is 0 Å². The molecule has 0 unspecified atom stereocenters. The Morgan fingerprint density at radius 3 is 2.38 bits per heavy atom. The van der Waals surface area contributed by atoms with Gasteiger partial charge >= 0.3 is 0 Å². The zero-order valence-corrected chi connectivity index (χ0v) is 11.9. The highest BCUT2D eigenvalue weighted by atomic mass is 16.6. The van der Waals surface area contributed by atoms with Gasteiger partial charge in [-0.05, 0) is 17.7 Å². The molecule has 1 saturated heterocycles. The number of methoxy groups -OCH3 is 2. The topological polar surface area (TPSA) is 48.1 Å². The number of carbonyl (C=O) groups is 1. The molecule has 0 saturated carbocycles. The van der Waals surface area contributed by atoms with E-state index in [2.05, 4.69) is 0 Å². The zero-order valence-electron chi connectivity index (χ0n) is 11.9. The average molecular weight is 284 g/mol. The van der Waals surface area contributed by atoms with E-state index >= 15 is 0 Å². The Bertz CT molecular complexity index is 651. The number of benzene rings is 2. The van der Waals surface area contributed by atoms with Crippen molar-refractivity contribution in [3.8, 4) is 11.5 Å². The maximum Gasteiger partial charge on any atom is 0.194 e. The molecule has 0 bridgehead atoms. The first-order valence-electron chi connectivity index (χ1n) is 6.71. The van der Waals surface area contributed by atoms with Crippen LogP contribution in [0.3, 0.4) is 0 Å². The number of Topliss-reactive ketones (excluding diaryl/α,β-unsaturated/α-hetero) is 1. The molecule has 108 valence electrons. The van der Waals surface area contributed by atoms with E-state index in [-0.39, 0.29) is 11.9 Å². The summed E-state index contributed by atoms with van der Waals surface area (Å²) in [7, 11) is 3.18. The van der Waals surface area contributed by atoms with Crippen LogP contribution in [0.4, 0.5) is 0 Å². The van der Waals surface area contributed by atoms with Gasteiger partial charge in [-0.3, -0.25) is 4.79 Å². The second kappa shape index (κ2) is 5.58. The molecular weight excluding hydrogens is 268 g/mol. The fourth-order valence-electron chi connectivity index (χ4n) is 2.36. The fourth-order valence-corrected chi connectivity index (χ4v) is 2.36. The third-order valence-electron chi connectivity index (χ3n) is 3.54. The Kier molecular flexibility index (Phi) is 3.62. The number of rotatable bonds is 5. The molecule has 3 rings (SSSR count). The minimum Gasteiger partial charge on any atom is -0.493 e. The lowest BCUT2D eigenvalue weighted by Crippen LogP contribution is -2.07. The van der Waals surface area contributed by atoms with E-state index in [0.29, 0.717) is 17.1 Å². The van der Waals surface area contributed by atoms with E-state index in [0.717, 1.165) is 5.56 Å². The summed E-state index contributed by atoms with van der Waals surface area (Å²) < 4.78 is 16.0. The molecule has 1 aliphatic heterocycles. The van der Waals surface area contributed by atoms with Crippen LogP contribution >= 0.6 is 0 Å². The molecule has 1 fully saturated rings. The van der Waals surface area contributed by atoms with Gasteiger partial charge in [0.05, 0.1) is 14.2 Å². The van der Waals surface area contributed by atoms with Crippen LogP contribution in [0, 0.1) is 0 Å². The summed E-state index contributed by atoms with van der Waals surface area (Å²) in [6.07, 6.45) is -0.622. The predicted molar refractivity (Wildman–Crippen MR) is 77.9 cm³/mol. The van der Waals surface area contributed by atoms with Crippen molar-refractivity contribution in [2.75, 3.05) is 14.2 Å². The van der Waals surface area contributed by atoms with Gasteiger partial charge < -0.3 is 14.2 Å². The molecule has 0 amide bonds. The molecule has 4 nitrogen and oxygen atoms in total. The number of hydrogen-bond donors (Lipinski definition) is 0. The number of epoxide rings is 1. The lowest BCUT2D eigenvalue weighted by Gasteiger charge is -2.08. The van der Waals surface area contributed by atoms with Crippen LogP contribution < -0.4 is 9.47 Å². The lowest BCUT2D eigenvalue weighted by atomic mass is 10.0. The molecule has 0 radical (unpaired) electrons. The third kappa shape index (κ3) is 2.62. The monoisotopic (exact) mass is 284 g/mol. The minimum atomic E-state index is -0.412. The smallest absolute Gasteiger partial charge is 0.194 e. The maximum absolute atomic E-state index is 12.3. The van der Waals surface area contributed by atoms with Gasteiger partial charge in [-0.25, -0.2) is 0 Å².